The molecular formula is C51H45NO3. The molecule has 2 heterocycles. The van der Waals surface area contributed by atoms with Crippen molar-refractivity contribution in [1.29, 1.82) is 0 Å². The molecule has 4 heteroatoms. The second-order valence-corrected chi connectivity index (χ2v) is 15.3. The molecule has 7 aromatic carbocycles. The zero-order chi connectivity index (χ0) is 37.0. The normalized spacial score (nSPS) is 18.3. The van der Waals surface area contributed by atoms with Gasteiger partial charge in [-0.2, -0.15) is 0 Å². The number of anilines is 1. The maximum atomic E-state index is 7.41. The van der Waals surface area contributed by atoms with Crippen molar-refractivity contribution in [3.8, 4) is 28.4 Å². The molecule has 1 atom stereocenters. The molecule has 0 amide bonds. The van der Waals surface area contributed by atoms with Crippen molar-refractivity contribution < 1.29 is 14.2 Å². The van der Waals surface area contributed by atoms with Crippen LogP contribution in [0.25, 0.3) is 38.7 Å². The number of hydrogen-bond donors (Lipinski definition) is 0. The lowest BCUT2D eigenvalue weighted by Crippen LogP contribution is -2.36. The molecule has 3 aliphatic rings. The summed E-state index contributed by atoms with van der Waals surface area (Å²) >= 11 is 0. The number of ether oxygens (including phenoxy) is 3. The van der Waals surface area contributed by atoms with Crippen molar-refractivity contribution in [2.75, 3.05) is 37.8 Å². The van der Waals surface area contributed by atoms with E-state index in [-0.39, 0.29) is 5.41 Å². The summed E-state index contributed by atoms with van der Waals surface area (Å²) in [7, 11) is 0. The second-order valence-electron chi connectivity index (χ2n) is 15.3. The summed E-state index contributed by atoms with van der Waals surface area (Å²) in [5.74, 6) is 2.53. The highest BCUT2D eigenvalue weighted by atomic mass is 16.5. The van der Waals surface area contributed by atoms with Gasteiger partial charge in [0.15, 0.2) is 0 Å². The first-order chi connectivity index (χ1) is 27.1. The van der Waals surface area contributed by atoms with Crippen molar-refractivity contribution in [2.24, 2.45) is 0 Å². The Bertz CT molecular complexity index is 2580. The minimum absolute atomic E-state index is 0.146. The molecule has 0 radical (unpaired) electrons. The Labute approximate surface area is 323 Å². The van der Waals surface area contributed by atoms with E-state index in [2.05, 4.69) is 140 Å². The third-order valence-electron chi connectivity index (χ3n) is 12.6. The molecule has 2 aliphatic heterocycles. The largest absolute Gasteiger partial charge is 0.491 e. The third kappa shape index (κ3) is 5.38. The summed E-state index contributed by atoms with van der Waals surface area (Å²) in [4.78, 5) is 2.42. The molecule has 4 nitrogen and oxygen atoms in total. The zero-order valence-electron chi connectivity index (χ0n) is 31.6. The minimum atomic E-state index is -0.559. The molecule has 272 valence electrons. The Morgan fingerprint density at radius 3 is 2.18 bits per heavy atom. The Hall–Kier alpha value is -5.84. The van der Waals surface area contributed by atoms with Crippen LogP contribution in [0.15, 0.2) is 146 Å². The highest BCUT2D eigenvalue weighted by Crippen LogP contribution is 2.59. The summed E-state index contributed by atoms with van der Waals surface area (Å²) < 4.78 is 19.6. The van der Waals surface area contributed by atoms with Gasteiger partial charge < -0.3 is 19.1 Å². The van der Waals surface area contributed by atoms with Crippen LogP contribution in [-0.2, 0) is 15.6 Å². The molecule has 0 saturated carbocycles. The fourth-order valence-electron chi connectivity index (χ4n) is 9.72. The van der Waals surface area contributed by atoms with Gasteiger partial charge in [-0.25, -0.2) is 0 Å². The van der Waals surface area contributed by atoms with Gasteiger partial charge in [-0.3, -0.25) is 0 Å². The van der Waals surface area contributed by atoms with E-state index < -0.39 is 5.41 Å². The van der Waals surface area contributed by atoms with Crippen LogP contribution in [0, 0.1) is 0 Å². The maximum Gasteiger partial charge on any atom is 0.134 e. The van der Waals surface area contributed by atoms with E-state index in [1.807, 2.05) is 30.3 Å². The first-order valence-electron chi connectivity index (χ1n) is 19.8. The smallest absolute Gasteiger partial charge is 0.134 e. The van der Waals surface area contributed by atoms with Crippen molar-refractivity contribution in [1.82, 2.24) is 0 Å². The average Bonchev–Trinajstić information content (AvgIpc) is 3.39. The summed E-state index contributed by atoms with van der Waals surface area (Å²) in [5, 5.41) is 4.72. The quantitative estimate of drug-likeness (QED) is 0.164. The summed E-state index contributed by atoms with van der Waals surface area (Å²) in [5.41, 5.74) is 9.55. The monoisotopic (exact) mass is 719 g/mol. The minimum Gasteiger partial charge on any atom is -0.491 e. The van der Waals surface area contributed by atoms with E-state index in [1.165, 1.54) is 60.8 Å². The molecule has 55 heavy (non-hydrogen) atoms. The summed E-state index contributed by atoms with van der Waals surface area (Å²) in [6.07, 6.45) is 6.84. The van der Waals surface area contributed by atoms with Gasteiger partial charge in [0.2, 0.25) is 0 Å². The van der Waals surface area contributed by atoms with Gasteiger partial charge in [0.1, 0.15) is 23.9 Å². The summed E-state index contributed by atoms with van der Waals surface area (Å²) in [6.45, 7) is 8.46. The lowest BCUT2D eigenvalue weighted by Gasteiger charge is -2.33. The standard InChI is InChI=1S/C51H45NO3/c1-3-50(4-2)46-17-11-10-16-43(46)47-42-25-24-41(55-40-14-6-5-7-15-40)33-45(42)49-44(48(47)50)26-27-51(34-54-49,38-19-18-35-12-8-9-13-36(35)32-38)37-20-22-39(23-21-37)52-28-30-53-31-29-52/h5-27,32-33H,3-4,28-31,34H2,1-2H3. The van der Waals surface area contributed by atoms with Gasteiger partial charge in [0, 0.05) is 35.1 Å². The van der Waals surface area contributed by atoms with Gasteiger partial charge in [0.05, 0.1) is 18.6 Å². The highest BCUT2D eigenvalue weighted by Gasteiger charge is 2.45. The molecule has 1 saturated heterocycles. The van der Waals surface area contributed by atoms with E-state index >= 15 is 0 Å². The van der Waals surface area contributed by atoms with Crippen molar-refractivity contribution in [2.45, 2.75) is 37.5 Å². The lowest BCUT2D eigenvalue weighted by atomic mass is 9.71. The zero-order valence-corrected chi connectivity index (χ0v) is 31.6. The number of rotatable bonds is 7. The molecule has 0 N–H and O–H groups in total. The molecule has 1 aliphatic carbocycles. The fourth-order valence-corrected chi connectivity index (χ4v) is 9.72. The van der Waals surface area contributed by atoms with Gasteiger partial charge >= 0.3 is 0 Å². The van der Waals surface area contributed by atoms with Crippen LogP contribution in [0.5, 0.6) is 17.2 Å². The molecule has 1 fully saturated rings. The van der Waals surface area contributed by atoms with E-state index in [0.29, 0.717) is 6.61 Å². The Morgan fingerprint density at radius 1 is 0.655 bits per heavy atom. The van der Waals surface area contributed by atoms with Crippen LogP contribution in [0.1, 0.15) is 54.5 Å². The molecular weight excluding hydrogens is 675 g/mol. The van der Waals surface area contributed by atoms with Crippen LogP contribution in [-0.4, -0.2) is 32.9 Å². The number of benzene rings is 7. The molecule has 0 aromatic heterocycles. The topological polar surface area (TPSA) is 30.9 Å². The number of fused-ring (bicyclic) bond motifs is 9. The molecule has 7 aromatic rings. The predicted octanol–water partition coefficient (Wildman–Crippen LogP) is 12.1. The van der Waals surface area contributed by atoms with Crippen LogP contribution >= 0.6 is 0 Å². The Morgan fingerprint density at radius 2 is 1.38 bits per heavy atom. The van der Waals surface area contributed by atoms with Crippen molar-refractivity contribution in [3.63, 3.8) is 0 Å². The van der Waals surface area contributed by atoms with Gasteiger partial charge in [-0.05, 0) is 111 Å². The SMILES string of the molecule is CCC1(CC)c2ccccc2-c2c1c1c(c3cc(Oc4ccccc4)ccc23)OCC(c2ccc(N3CCOCC3)cc2)(c2ccc3ccccc3c2)C=C1. The lowest BCUT2D eigenvalue weighted by molar-refractivity contribution is 0.122. The first-order valence-corrected chi connectivity index (χ1v) is 19.8. The van der Waals surface area contributed by atoms with Gasteiger partial charge in [0.25, 0.3) is 0 Å². The second kappa shape index (κ2) is 13.5. The average molecular weight is 720 g/mol. The number of nitrogens with zero attached hydrogens (tertiary/aromatic N) is 1. The van der Waals surface area contributed by atoms with E-state index in [4.69, 9.17) is 14.2 Å². The van der Waals surface area contributed by atoms with Crippen molar-refractivity contribution >= 4 is 33.3 Å². The number of para-hydroxylation sites is 1. The van der Waals surface area contributed by atoms with Gasteiger partial charge in [-0.1, -0.05) is 117 Å². The molecule has 0 bridgehead atoms. The predicted molar refractivity (Wildman–Crippen MR) is 226 cm³/mol. The third-order valence-corrected chi connectivity index (χ3v) is 12.6. The summed E-state index contributed by atoms with van der Waals surface area (Å²) in [6, 6.07) is 50.4. The molecule has 1 unspecified atom stereocenters. The fraction of sp³-hybridized carbons (Fsp3) is 0.216. The molecule has 0 spiro atoms. The maximum absolute atomic E-state index is 7.41. The van der Waals surface area contributed by atoms with Crippen LogP contribution in [0.2, 0.25) is 0 Å². The van der Waals surface area contributed by atoms with E-state index in [0.717, 1.165) is 61.8 Å². The number of morpholine rings is 1. The molecule has 10 rings (SSSR count). The van der Waals surface area contributed by atoms with Crippen LogP contribution in [0.3, 0.4) is 0 Å². The van der Waals surface area contributed by atoms with Crippen LogP contribution < -0.4 is 14.4 Å². The number of hydrogen-bond acceptors (Lipinski definition) is 4. The van der Waals surface area contributed by atoms with E-state index in [9.17, 15) is 0 Å². The van der Waals surface area contributed by atoms with Crippen LogP contribution in [0.4, 0.5) is 5.69 Å². The van der Waals surface area contributed by atoms with Crippen molar-refractivity contribution in [3.05, 3.63) is 173 Å². The van der Waals surface area contributed by atoms with Gasteiger partial charge in [-0.15, -0.1) is 0 Å². The van der Waals surface area contributed by atoms with E-state index in [1.54, 1.807) is 0 Å². The first kappa shape index (κ1) is 33.7. The highest BCUT2D eigenvalue weighted by molar-refractivity contribution is 6.09. The Kier molecular flexibility index (Phi) is 8.26. The Balaban J connectivity index is 1.21.